The largest absolute Gasteiger partial charge is 0.369 e. The molecule has 2 heterocycles. The molecule has 2 aliphatic heterocycles. The van der Waals surface area contributed by atoms with Crippen LogP contribution in [-0.4, -0.2) is 36.2 Å². The minimum Gasteiger partial charge on any atom is -0.369 e. The number of hydrogen-bond donors (Lipinski definition) is 1. The summed E-state index contributed by atoms with van der Waals surface area (Å²) in [6.45, 7) is 0. The van der Waals surface area contributed by atoms with E-state index in [9.17, 15) is 4.79 Å². The third-order valence-corrected chi connectivity index (χ3v) is 1.73. The molecule has 1 amide bonds. The number of primary amides is 1. The zero-order chi connectivity index (χ0) is 9.26. The lowest BCUT2D eigenvalue weighted by atomic mass is 10.1. The lowest BCUT2D eigenvalue weighted by Crippen LogP contribution is -2.31. The molecule has 6 nitrogen and oxygen atoms in total. The number of carbonyl (C=O) groups is 1. The third kappa shape index (κ3) is 1.37. The molecule has 0 aromatic carbocycles. The molecule has 1 atom stereocenters. The Morgan fingerprint density at radius 2 is 2.31 bits per heavy atom. The Kier molecular flexibility index (Phi) is 1.73. The van der Waals surface area contributed by atoms with Crippen molar-refractivity contribution in [2.45, 2.75) is 12.5 Å². The molecule has 13 heavy (non-hydrogen) atoms. The Morgan fingerprint density at radius 1 is 1.46 bits per heavy atom. The lowest BCUT2D eigenvalue weighted by molar-refractivity contribution is -0.116. The van der Waals surface area contributed by atoms with E-state index in [1.165, 1.54) is 12.7 Å². The summed E-state index contributed by atoms with van der Waals surface area (Å²) >= 11 is 0. The van der Waals surface area contributed by atoms with Crippen molar-refractivity contribution in [3.63, 3.8) is 0 Å². The van der Waals surface area contributed by atoms with E-state index in [0.29, 0.717) is 11.5 Å². The third-order valence-electron chi connectivity index (χ3n) is 1.73. The van der Waals surface area contributed by atoms with Gasteiger partial charge in [0.1, 0.15) is 18.7 Å². The highest BCUT2D eigenvalue weighted by Gasteiger charge is 2.26. The van der Waals surface area contributed by atoms with E-state index in [1.807, 2.05) is 0 Å². The molecule has 0 saturated carbocycles. The first-order chi connectivity index (χ1) is 6.27. The molecule has 0 radical (unpaired) electrons. The Morgan fingerprint density at radius 3 is 3.08 bits per heavy atom. The fraction of sp³-hybridized carbons (Fsp3) is 0.286. The van der Waals surface area contributed by atoms with E-state index in [4.69, 9.17) is 5.73 Å². The van der Waals surface area contributed by atoms with Crippen LogP contribution in [0.25, 0.3) is 0 Å². The number of aliphatic imine (C=N–C) groups is 4. The molecule has 0 spiro atoms. The quantitative estimate of drug-likeness (QED) is 0.584. The van der Waals surface area contributed by atoms with Crippen LogP contribution in [0.1, 0.15) is 6.42 Å². The Balaban J connectivity index is 2.23. The predicted molar refractivity (Wildman–Crippen MR) is 49.5 cm³/mol. The van der Waals surface area contributed by atoms with E-state index in [0.717, 1.165) is 0 Å². The fourth-order valence-corrected chi connectivity index (χ4v) is 1.19. The van der Waals surface area contributed by atoms with Gasteiger partial charge in [0.2, 0.25) is 5.91 Å². The van der Waals surface area contributed by atoms with Gasteiger partial charge in [0.05, 0.1) is 12.1 Å². The fourth-order valence-electron chi connectivity index (χ4n) is 1.19. The van der Waals surface area contributed by atoms with Crippen LogP contribution < -0.4 is 5.73 Å². The van der Waals surface area contributed by atoms with E-state index >= 15 is 0 Å². The highest BCUT2D eigenvalue weighted by Crippen LogP contribution is 2.10. The molecule has 2 N–H and O–H groups in total. The molecule has 0 bridgehead atoms. The van der Waals surface area contributed by atoms with Gasteiger partial charge in [0, 0.05) is 0 Å². The summed E-state index contributed by atoms with van der Waals surface area (Å²) in [6, 6.07) is -0.294. The summed E-state index contributed by atoms with van der Waals surface area (Å²) in [4.78, 5) is 26.4. The molecule has 1 unspecified atom stereocenters. The summed E-state index contributed by atoms with van der Waals surface area (Å²) in [5.41, 5.74) is 5.66. The molecule has 2 rings (SSSR count). The average Bonchev–Trinajstić information content (AvgIpc) is 2.51. The van der Waals surface area contributed by atoms with Crippen LogP contribution in [0.4, 0.5) is 0 Å². The summed E-state index contributed by atoms with van der Waals surface area (Å²) in [7, 11) is 0. The summed E-state index contributed by atoms with van der Waals surface area (Å²) in [5, 5.41) is 0. The number of nitrogens with zero attached hydrogens (tertiary/aromatic N) is 4. The second-order valence-corrected chi connectivity index (χ2v) is 2.66. The molecule has 0 fully saturated rings. The van der Waals surface area contributed by atoms with Gasteiger partial charge in [-0.3, -0.25) is 9.79 Å². The van der Waals surface area contributed by atoms with Crippen molar-refractivity contribution in [1.29, 1.82) is 0 Å². The van der Waals surface area contributed by atoms with Crippen LogP contribution in [0.5, 0.6) is 0 Å². The van der Waals surface area contributed by atoms with Crippen molar-refractivity contribution in [3.8, 4) is 0 Å². The molecule has 0 aromatic heterocycles. The topological polar surface area (TPSA) is 92.5 Å². The van der Waals surface area contributed by atoms with Crippen molar-refractivity contribution >= 4 is 30.1 Å². The predicted octanol–water partition coefficient (Wildman–Crippen LogP) is -0.846. The minimum atomic E-state index is -0.421. The first-order valence-corrected chi connectivity index (χ1v) is 3.74. The van der Waals surface area contributed by atoms with Crippen molar-refractivity contribution in [2.24, 2.45) is 25.7 Å². The van der Waals surface area contributed by atoms with Crippen molar-refractivity contribution in [2.75, 3.05) is 0 Å². The number of rotatable bonds is 2. The SMILES string of the molecule is NC(=O)CC1=NC=NC2=NC=NC12. The molecule has 66 valence electrons. The highest BCUT2D eigenvalue weighted by atomic mass is 16.1. The van der Waals surface area contributed by atoms with Crippen LogP contribution >= 0.6 is 0 Å². The van der Waals surface area contributed by atoms with E-state index in [-0.39, 0.29) is 12.5 Å². The molecule has 0 saturated heterocycles. The molecule has 6 heteroatoms. The molecule has 0 aromatic rings. The lowest BCUT2D eigenvalue weighted by Gasteiger charge is -2.11. The van der Waals surface area contributed by atoms with E-state index in [1.54, 1.807) is 0 Å². The Labute approximate surface area is 74.0 Å². The van der Waals surface area contributed by atoms with E-state index in [2.05, 4.69) is 20.0 Å². The second kappa shape index (κ2) is 2.89. The van der Waals surface area contributed by atoms with Crippen LogP contribution in [-0.2, 0) is 4.79 Å². The maximum absolute atomic E-state index is 10.7. The monoisotopic (exact) mass is 177 g/mol. The van der Waals surface area contributed by atoms with Gasteiger partial charge in [-0.1, -0.05) is 0 Å². The van der Waals surface area contributed by atoms with Crippen molar-refractivity contribution in [3.05, 3.63) is 0 Å². The summed E-state index contributed by atoms with van der Waals surface area (Å²) < 4.78 is 0. The van der Waals surface area contributed by atoms with Gasteiger partial charge in [-0.25, -0.2) is 15.0 Å². The van der Waals surface area contributed by atoms with Crippen LogP contribution in [0.2, 0.25) is 0 Å². The standard InChI is InChI=1S/C7H7N5O/c8-5(13)1-4-6-7(11-2-9-4)12-3-10-6/h2-3,6H,1H2,(H2,8,13). The van der Waals surface area contributed by atoms with Gasteiger partial charge in [0.25, 0.3) is 0 Å². The summed E-state index contributed by atoms with van der Waals surface area (Å²) in [5.74, 6) is 0.154. The Hall–Kier alpha value is -1.85. The first-order valence-electron chi connectivity index (χ1n) is 3.74. The molecule has 2 aliphatic rings. The maximum atomic E-state index is 10.7. The number of amides is 1. The molecular formula is C7H7N5O. The van der Waals surface area contributed by atoms with Gasteiger partial charge in [-0.2, -0.15) is 0 Å². The number of carbonyl (C=O) groups excluding carboxylic acids is 1. The smallest absolute Gasteiger partial charge is 0.223 e. The van der Waals surface area contributed by atoms with Crippen LogP contribution in [0.3, 0.4) is 0 Å². The highest BCUT2D eigenvalue weighted by molar-refractivity contribution is 6.23. The number of nitrogens with two attached hydrogens (primary N) is 1. The van der Waals surface area contributed by atoms with Crippen molar-refractivity contribution in [1.82, 2.24) is 0 Å². The maximum Gasteiger partial charge on any atom is 0.223 e. The van der Waals surface area contributed by atoms with Gasteiger partial charge < -0.3 is 5.73 Å². The number of fused-ring (bicyclic) bond motifs is 1. The molecule has 0 aliphatic carbocycles. The van der Waals surface area contributed by atoms with Gasteiger partial charge in [0.15, 0.2) is 5.84 Å². The van der Waals surface area contributed by atoms with Crippen molar-refractivity contribution < 1.29 is 4.79 Å². The van der Waals surface area contributed by atoms with Gasteiger partial charge in [-0.05, 0) is 0 Å². The molecular weight excluding hydrogens is 170 g/mol. The number of amidine groups is 1. The van der Waals surface area contributed by atoms with Gasteiger partial charge in [-0.15, -0.1) is 0 Å². The second-order valence-electron chi connectivity index (χ2n) is 2.66. The normalized spacial score (nSPS) is 23.8. The summed E-state index contributed by atoms with van der Waals surface area (Å²) in [6.07, 6.45) is 2.88. The zero-order valence-electron chi connectivity index (χ0n) is 6.71. The first kappa shape index (κ1) is 7.78. The van der Waals surface area contributed by atoms with Crippen LogP contribution in [0, 0.1) is 0 Å². The van der Waals surface area contributed by atoms with Crippen LogP contribution in [0.15, 0.2) is 20.0 Å². The zero-order valence-corrected chi connectivity index (χ0v) is 6.71. The average molecular weight is 177 g/mol. The Bertz CT molecular complexity index is 365. The number of hydrogen-bond acceptors (Lipinski definition) is 5. The van der Waals surface area contributed by atoms with Gasteiger partial charge >= 0.3 is 0 Å². The minimum absolute atomic E-state index is 0.104. The van der Waals surface area contributed by atoms with E-state index < -0.39 is 5.91 Å².